The third-order valence-electron chi connectivity index (χ3n) is 2.50. The zero-order valence-electron chi connectivity index (χ0n) is 10.5. The van der Waals surface area contributed by atoms with Gasteiger partial charge in [0, 0.05) is 6.20 Å². The quantitative estimate of drug-likeness (QED) is 0.635. The molecule has 5 heteroatoms. The van der Waals surface area contributed by atoms with Crippen molar-refractivity contribution in [2.45, 2.75) is 31.1 Å². The maximum absolute atomic E-state index is 11.1. The maximum atomic E-state index is 11.1. The molecular weight excluding hydrogens is 248 g/mol. The monoisotopic (exact) mass is 266 g/mol. The van der Waals surface area contributed by atoms with Crippen molar-refractivity contribution in [3.05, 3.63) is 42.8 Å². The van der Waals surface area contributed by atoms with Crippen molar-refractivity contribution in [1.29, 1.82) is 0 Å². The van der Waals surface area contributed by atoms with Gasteiger partial charge in [-0.2, -0.15) is 0 Å². The molecule has 2 N–H and O–H groups in total. The van der Waals surface area contributed by atoms with Crippen molar-refractivity contribution < 1.29 is 8.42 Å². The van der Waals surface area contributed by atoms with E-state index in [2.05, 4.69) is 24.6 Å². The van der Waals surface area contributed by atoms with E-state index < -0.39 is 10.0 Å². The van der Waals surface area contributed by atoms with Crippen molar-refractivity contribution in [3.8, 4) is 0 Å². The fourth-order valence-electron chi connectivity index (χ4n) is 1.47. The molecule has 0 bridgehead atoms. The van der Waals surface area contributed by atoms with E-state index in [1.54, 1.807) is 12.1 Å². The van der Waals surface area contributed by atoms with Gasteiger partial charge >= 0.3 is 0 Å². The predicted molar refractivity (Wildman–Crippen MR) is 73.3 cm³/mol. The van der Waals surface area contributed by atoms with Crippen LogP contribution in [0.5, 0.6) is 0 Å². The zero-order chi connectivity index (χ0) is 13.6. The first kappa shape index (κ1) is 14.6. The SMILES string of the molecule is C=CC(=CCCCC)c1ccc(S(N)(=O)=O)cn1. The van der Waals surface area contributed by atoms with Gasteiger partial charge in [0.05, 0.1) is 5.69 Å². The van der Waals surface area contributed by atoms with E-state index in [0.717, 1.165) is 24.8 Å². The molecule has 0 saturated heterocycles. The molecule has 1 aromatic rings. The average Bonchev–Trinajstić information content (AvgIpc) is 2.34. The molecule has 0 aliphatic heterocycles. The number of allylic oxidation sites excluding steroid dienone is 3. The van der Waals surface area contributed by atoms with Gasteiger partial charge in [0.15, 0.2) is 0 Å². The van der Waals surface area contributed by atoms with Gasteiger partial charge in [0.1, 0.15) is 4.90 Å². The molecule has 0 aromatic carbocycles. The van der Waals surface area contributed by atoms with Crippen LogP contribution >= 0.6 is 0 Å². The minimum absolute atomic E-state index is 0.0169. The molecule has 0 spiro atoms. The topological polar surface area (TPSA) is 73.1 Å². The van der Waals surface area contributed by atoms with Gasteiger partial charge in [-0.25, -0.2) is 13.6 Å². The van der Waals surface area contributed by atoms with Crippen LogP contribution in [0.2, 0.25) is 0 Å². The second-order valence-electron chi connectivity index (χ2n) is 3.93. The van der Waals surface area contributed by atoms with Crippen LogP contribution in [0.1, 0.15) is 31.9 Å². The molecule has 4 nitrogen and oxygen atoms in total. The standard InChI is InChI=1S/C13H18N2O2S/c1-3-5-6-7-11(4-2)13-9-8-12(10-15-13)18(14,16)17/h4,7-10H,2-3,5-6H2,1H3,(H2,14,16,17). The largest absolute Gasteiger partial charge is 0.255 e. The Bertz CT molecular complexity index is 531. The Hall–Kier alpha value is -1.46. The molecule has 18 heavy (non-hydrogen) atoms. The molecule has 0 unspecified atom stereocenters. The number of nitrogens with zero attached hydrogens (tertiary/aromatic N) is 1. The number of primary sulfonamides is 1. The smallest absolute Gasteiger partial charge is 0.239 e. The number of unbranched alkanes of at least 4 members (excludes halogenated alkanes) is 2. The van der Waals surface area contributed by atoms with Gasteiger partial charge in [0.2, 0.25) is 10.0 Å². The lowest BCUT2D eigenvalue weighted by atomic mass is 10.1. The zero-order valence-corrected chi connectivity index (χ0v) is 11.3. The van der Waals surface area contributed by atoms with Crippen LogP contribution in [-0.2, 0) is 10.0 Å². The highest BCUT2D eigenvalue weighted by molar-refractivity contribution is 7.89. The average molecular weight is 266 g/mol. The molecule has 0 saturated carbocycles. The summed E-state index contributed by atoms with van der Waals surface area (Å²) < 4.78 is 22.2. The summed E-state index contributed by atoms with van der Waals surface area (Å²) in [5.41, 5.74) is 1.61. The van der Waals surface area contributed by atoms with Crippen LogP contribution in [0.25, 0.3) is 5.57 Å². The fourth-order valence-corrected chi connectivity index (χ4v) is 1.93. The summed E-state index contributed by atoms with van der Waals surface area (Å²) in [6.07, 6.45) is 8.22. The third kappa shape index (κ3) is 4.09. The van der Waals surface area contributed by atoms with Crippen molar-refractivity contribution in [3.63, 3.8) is 0 Å². The summed E-state index contributed by atoms with van der Waals surface area (Å²) in [6, 6.07) is 3.09. The van der Waals surface area contributed by atoms with Crippen molar-refractivity contribution in [1.82, 2.24) is 4.98 Å². The van der Waals surface area contributed by atoms with Crippen LogP contribution in [0, 0.1) is 0 Å². The number of aromatic nitrogens is 1. The van der Waals surface area contributed by atoms with E-state index in [9.17, 15) is 8.42 Å². The highest BCUT2D eigenvalue weighted by Crippen LogP contribution is 2.16. The number of rotatable bonds is 6. The Labute approximate surface area is 108 Å². The molecule has 0 aliphatic rings. The highest BCUT2D eigenvalue weighted by Gasteiger charge is 2.08. The summed E-state index contributed by atoms with van der Waals surface area (Å²) in [7, 11) is -3.68. The van der Waals surface area contributed by atoms with Crippen molar-refractivity contribution in [2.24, 2.45) is 5.14 Å². The van der Waals surface area contributed by atoms with Crippen molar-refractivity contribution >= 4 is 15.6 Å². The molecule has 1 aromatic heterocycles. The maximum Gasteiger partial charge on any atom is 0.239 e. The highest BCUT2D eigenvalue weighted by atomic mass is 32.2. The number of hydrogen-bond acceptors (Lipinski definition) is 3. The summed E-state index contributed by atoms with van der Waals surface area (Å²) in [4.78, 5) is 4.11. The van der Waals surface area contributed by atoms with E-state index in [4.69, 9.17) is 5.14 Å². The molecule has 1 heterocycles. The molecule has 1 rings (SSSR count). The van der Waals surface area contributed by atoms with Gasteiger partial charge < -0.3 is 0 Å². The molecular formula is C13H18N2O2S. The summed E-state index contributed by atoms with van der Waals surface area (Å²) in [5.74, 6) is 0. The van der Waals surface area contributed by atoms with Gasteiger partial charge in [-0.1, -0.05) is 38.5 Å². The normalized spacial score (nSPS) is 12.4. The lowest BCUT2D eigenvalue weighted by molar-refractivity contribution is 0.597. The number of sulfonamides is 1. The minimum Gasteiger partial charge on any atom is -0.255 e. The Morgan fingerprint density at radius 3 is 2.67 bits per heavy atom. The lowest BCUT2D eigenvalue weighted by Gasteiger charge is -2.03. The molecule has 0 fully saturated rings. The fraction of sp³-hybridized carbons (Fsp3) is 0.308. The van der Waals surface area contributed by atoms with E-state index in [0.29, 0.717) is 5.69 Å². The van der Waals surface area contributed by atoms with Gasteiger partial charge in [0.25, 0.3) is 0 Å². The second-order valence-corrected chi connectivity index (χ2v) is 5.49. The molecule has 0 amide bonds. The van der Waals surface area contributed by atoms with Crippen LogP contribution in [0.4, 0.5) is 0 Å². The summed E-state index contributed by atoms with van der Waals surface area (Å²) in [6.45, 7) is 5.86. The Balaban J connectivity index is 2.96. The Morgan fingerprint density at radius 2 is 2.22 bits per heavy atom. The second kappa shape index (κ2) is 6.47. The van der Waals surface area contributed by atoms with Gasteiger partial charge in [-0.3, -0.25) is 4.98 Å². The summed E-state index contributed by atoms with van der Waals surface area (Å²) in [5, 5.41) is 5.01. The molecule has 0 radical (unpaired) electrons. The molecule has 0 aliphatic carbocycles. The van der Waals surface area contributed by atoms with Gasteiger partial charge in [-0.15, -0.1) is 0 Å². The Morgan fingerprint density at radius 1 is 1.50 bits per heavy atom. The van der Waals surface area contributed by atoms with E-state index in [-0.39, 0.29) is 4.90 Å². The number of nitrogens with two attached hydrogens (primary N) is 1. The molecule has 98 valence electrons. The minimum atomic E-state index is -3.68. The van der Waals surface area contributed by atoms with Crippen LogP contribution in [0.15, 0.2) is 42.0 Å². The number of pyridine rings is 1. The predicted octanol–water partition coefficient (Wildman–Crippen LogP) is 2.49. The molecule has 0 atom stereocenters. The van der Waals surface area contributed by atoms with E-state index in [1.807, 2.05) is 0 Å². The Kier molecular flexibility index (Phi) is 5.25. The van der Waals surface area contributed by atoms with E-state index in [1.165, 1.54) is 12.3 Å². The van der Waals surface area contributed by atoms with Crippen LogP contribution in [-0.4, -0.2) is 13.4 Å². The van der Waals surface area contributed by atoms with Crippen LogP contribution < -0.4 is 5.14 Å². The summed E-state index contributed by atoms with van der Waals surface area (Å²) >= 11 is 0. The first-order chi connectivity index (χ1) is 8.49. The lowest BCUT2D eigenvalue weighted by Crippen LogP contribution is -2.12. The first-order valence-corrected chi connectivity index (χ1v) is 7.35. The number of hydrogen-bond donors (Lipinski definition) is 1. The van der Waals surface area contributed by atoms with E-state index >= 15 is 0 Å². The van der Waals surface area contributed by atoms with Gasteiger partial charge in [-0.05, 0) is 24.1 Å². The van der Waals surface area contributed by atoms with Crippen LogP contribution in [0.3, 0.4) is 0 Å². The first-order valence-electron chi connectivity index (χ1n) is 5.81. The van der Waals surface area contributed by atoms with Crippen molar-refractivity contribution in [2.75, 3.05) is 0 Å². The third-order valence-corrected chi connectivity index (χ3v) is 3.40.